The van der Waals surface area contributed by atoms with Crippen LogP contribution in [0.3, 0.4) is 0 Å². The summed E-state index contributed by atoms with van der Waals surface area (Å²) >= 11 is 0. The molecule has 0 unspecified atom stereocenters. The Balaban J connectivity index is 1.39. The van der Waals surface area contributed by atoms with Crippen molar-refractivity contribution in [3.05, 3.63) is 95.6 Å². The molecule has 1 spiro atoms. The van der Waals surface area contributed by atoms with Gasteiger partial charge in [-0.05, 0) is 42.4 Å². The van der Waals surface area contributed by atoms with E-state index in [9.17, 15) is 24.3 Å². The zero-order chi connectivity index (χ0) is 31.9. The number of anilines is 2. The maximum Gasteiger partial charge on any atom is 0.264 e. The fraction of sp³-hybridized carbons (Fsp3) is 0.400. The number of benzene rings is 3. The van der Waals surface area contributed by atoms with Crippen LogP contribution in [0.15, 0.2) is 78.9 Å². The smallest absolute Gasteiger partial charge is 0.264 e. The molecule has 45 heavy (non-hydrogen) atoms. The van der Waals surface area contributed by atoms with Gasteiger partial charge in [0.15, 0.2) is 13.9 Å². The van der Waals surface area contributed by atoms with Gasteiger partial charge in [0.1, 0.15) is 0 Å². The molecular formula is C35H41N3O6Si. The molecule has 3 heterocycles. The van der Waals surface area contributed by atoms with Crippen molar-refractivity contribution in [2.75, 3.05) is 29.5 Å². The first kappa shape index (κ1) is 31.2. The lowest BCUT2D eigenvalue weighted by molar-refractivity contribution is -0.150. The lowest BCUT2D eigenvalue weighted by atomic mass is 9.82. The van der Waals surface area contributed by atoms with Crippen molar-refractivity contribution in [3.63, 3.8) is 0 Å². The number of carbonyl (C=O) groups is 3. The maximum atomic E-state index is 14.7. The second-order valence-electron chi connectivity index (χ2n) is 13.0. The highest BCUT2D eigenvalue weighted by atomic mass is 28.4. The maximum absolute atomic E-state index is 14.7. The van der Waals surface area contributed by atoms with E-state index in [4.69, 9.17) is 4.74 Å². The Morgan fingerprint density at radius 3 is 2.27 bits per heavy atom. The predicted octanol–water partition coefficient (Wildman–Crippen LogP) is 4.18. The van der Waals surface area contributed by atoms with Gasteiger partial charge in [-0.15, -0.1) is 0 Å². The van der Waals surface area contributed by atoms with E-state index in [-0.39, 0.29) is 37.3 Å². The highest BCUT2D eigenvalue weighted by Gasteiger charge is 2.66. The molecule has 2 N–H and O–H groups in total. The summed E-state index contributed by atoms with van der Waals surface area (Å²) in [6.45, 7) is 6.87. The van der Waals surface area contributed by atoms with Gasteiger partial charge in [0.05, 0.1) is 31.4 Å². The Bertz CT molecular complexity index is 1580. The highest BCUT2D eigenvalue weighted by molar-refractivity contribution is 6.71. The molecule has 3 aliphatic rings. The number of hydrogen-bond donors (Lipinski definition) is 2. The number of carbonyl (C=O) groups excluding carboxylic acids is 3. The molecule has 9 nitrogen and oxygen atoms in total. The van der Waals surface area contributed by atoms with Crippen molar-refractivity contribution in [2.45, 2.75) is 63.2 Å². The molecule has 0 bridgehead atoms. The number of aliphatic hydroxyl groups excluding tert-OH is 1. The molecule has 2 fully saturated rings. The summed E-state index contributed by atoms with van der Waals surface area (Å²) in [5.41, 5.74) is 2.12. The van der Waals surface area contributed by atoms with Gasteiger partial charge in [-0.3, -0.25) is 14.4 Å². The molecule has 0 aromatic heterocycles. The van der Waals surface area contributed by atoms with Crippen molar-refractivity contribution >= 4 is 37.4 Å². The molecule has 0 radical (unpaired) electrons. The van der Waals surface area contributed by atoms with Crippen LogP contribution in [0.4, 0.5) is 11.4 Å². The van der Waals surface area contributed by atoms with Gasteiger partial charge in [-0.25, -0.2) is 0 Å². The molecule has 3 aromatic rings. The largest absolute Gasteiger partial charge is 0.432 e. The van der Waals surface area contributed by atoms with E-state index in [1.165, 1.54) is 0 Å². The van der Waals surface area contributed by atoms with Crippen LogP contribution in [-0.4, -0.2) is 66.6 Å². The number of rotatable bonds is 10. The number of ether oxygens (including phenoxy) is 1. The van der Waals surface area contributed by atoms with Gasteiger partial charge in [0, 0.05) is 48.8 Å². The van der Waals surface area contributed by atoms with Crippen LogP contribution < -0.4 is 9.80 Å². The molecule has 3 aromatic carbocycles. The Hall–Kier alpha value is -3.83. The average molecular weight is 628 g/mol. The first-order valence-electron chi connectivity index (χ1n) is 15.7. The van der Waals surface area contributed by atoms with Gasteiger partial charge in [-0.2, -0.15) is 0 Å². The summed E-state index contributed by atoms with van der Waals surface area (Å²) in [5, 5.41) is 9.79. The van der Waals surface area contributed by atoms with Gasteiger partial charge < -0.3 is 29.3 Å². The number of fused-ring (bicyclic) bond motifs is 2. The van der Waals surface area contributed by atoms with E-state index in [1.807, 2.05) is 98.9 Å². The zero-order valence-electron chi connectivity index (χ0n) is 26.1. The summed E-state index contributed by atoms with van der Waals surface area (Å²) in [7, 11) is -3.01. The molecule has 3 amide bonds. The fourth-order valence-corrected chi connectivity index (χ4v) is 10.0. The summed E-state index contributed by atoms with van der Waals surface area (Å²) in [6, 6.07) is 25.0. The van der Waals surface area contributed by atoms with Crippen molar-refractivity contribution < 1.29 is 29.0 Å². The van der Waals surface area contributed by atoms with Crippen LogP contribution >= 0.6 is 0 Å². The molecule has 4 atom stereocenters. The van der Waals surface area contributed by atoms with E-state index in [0.29, 0.717) is 43.0 Å². The number of aliphatic hydroxyl groups is 1. The van der Waals surface area contributed by atoms with Crippen LogP contribution in [-0.2, 0) is 37.8 Å². The monoisotopic (exact) mass is 627 g/mol. The molecular weight excluding hydrogens is 586 g/mol. The molecule has 0 saturated carbocycles. The van der Waals surface area contributed by atoms with Crippen LogP contribution in [0.5, 0.6) is 0 Å². The number of nitrogens with zero attached hydrogens (tertiary/aromatic N) is 3. The molecule has 236 valence electrons. The van der Waals surface area contributed by atoms with Crippen LogP contribution in [0.25, 0.3) is 0 Å². The quantitative estimate of drug-likeness (QED) is 0.258. The van der Waals surface area contributed by atoms with Crippen molar-refractivity contribution in [1.82, 2.24) is 4.90 Å². The number of amides is 3. The third kappa shape index (κ3) is 5.61. The Morgan fingerprint density at radius 2 is 1.69 bits per heavy atom. The Kier molecular flexibility index (Phi) is 8.42. The van der Waals surface area contributed by atoms with Gasteiger partial charge in [0.25, 0.3) is 5.91 Å². The van der Waals surface area contributed by atoms with Gasteiger partial charge in [-0.1, -0.05) is 67.6 Å². The third-order valence-electron chi connectivity index (χ3n) is 9.63. The molecule has 10 heteroatoms. The molecule has 0 aliphatic carbocycles. The molecule has 2 saturated heterocycles. The third-order valence-corrected chi connectivity index (χ3v) is 12.1. The topological polar surface area (TPSA) is 111 Å². The SMILES string of the molecule is C[C@@H]1[C@@H]([Si](C)(C)O)[C@H](CC(=O)N(CCO)Cc2ccccc2)O[C@@]12C(=O)N(Cc1ccccc1)c1ccc(N3CCC3=O)cc12. The van der Waals surface area contributed by atoms with Crippen LogP contribution in [0.1, 0.15) is 36.5 Å². The van der Waals surface area contributed by atoms with E-state index in [1.54, 1.807) is 14.7 Å². The summed E-state index contributed by atoms with van der Waals surface area (Å²) in [5.74, 6) is -0.855. The average Bonchev–Trinajstić information content (AvgIpc) is 3.43. The number of hydrogen-bond acceptors (Lipinski definition) is 6. The lowest BCUT2D eigenvalue weighted by Gasteiger charge is -2.33. The van der Waals surface area contributed by atoms with Gasteiger partial charge >= 0.3 is 0 Å². The Labute approximate surface area is 265 Å². The Morgan fingerprint density at radius 1 is 1.02 bits per heavy atom. The van der Waals surface area contributed by atoms with E-state index >= 15 is 0 Å². The predicted molar refractivity (Wildman–Crippen MR) is 174 cm³/mol. The van der Waals surface area contributed by atoms with Crippen molar-refractivity contribution in [1.29, 1.82) is 0 Å². The van der Waals surface area contributed by atoms with Crippen molar-refractivity contribution in [2.24, 2.45) is 5.92 Å². The molecule has 6 rings (SSSR count). The second-order valence-corrected chi connectivity index (χ2v) is 16.9. The van der Waals surface area contributed by atoms with E-state index in [0.717, 1.165) is 11.1 Å². The van der Waals surface area contributed by atoms with Crippen molar-refractivity contribution in [3.8, 4) is 0 Å². The van der Waals surface area contributed by atoms with Gasteiger partial charge in [0.2, 0.25) is 11.8 Å². The summed E-state index contributed by atoms with van der Waals surface area (Å²) in [4.78, 5) is 57.7. The second kappa shape index (κ2) is 12.2. The summed E-state index contributed by atoms with van der Waals surface area (Å²) in [6.07, 6.45) is -0.275. The lowest BCUT2D eigenvalue weighted by Crippen LogP contribution is -2.46. The minimum Gasteiger partial charge on any atom is -0.432 e. The summed E-state index contributed by atoms with van der Waals surface area (Å²) < 4.78 is 6.90. The van der Waals surface area contributed by atoms with E-state index < -0.39 is 31.5 Å². The first-order chi connectivity index (χ1) is 21.5. The van der Waals surface area contributed by atoms with E-state index in [2.05, 4.69) is 0 Å². The fourth-order valence-electron chi connectivity index (χ4n) is 7.46. The minimum atomic E-state index is -3.01. The standard InChI is InChI=1S/C35H41N3O6Si/c1-24-33(45(2,3)43)30(21-32(41)36(18-19-39)22-25-10-6-4-7-11-25)44-35(24)28-20-27(37-17-16-31(37)40)14-15-29(28)38(34(35)42)23-26-12-8-5-9-13-26/h4-15,20,24,30,33,39,43H,16-19,21-23H2,1-3H3/t24-,30+,33-,35+/m1/s1. The van der Waals surface area contributed by atoms with Crippen LogP contribution in [0.2, 0.25) is 18.6 Å². The first-order valence-corrected chi connectivity index (χ1v) is 18.7. The molecule has 3 aliphatic heterocycles. The normalized spacial score (nSPS) is 24.2. The zero-order valence-corrected chi connectivity index (χ0v) is 27.1. The highest BCUT2D eigenvalue weighted by Crippen LogP contribution is 2.60. The number of β-lactam (4-membered cyclic amide) rings is 1. The minimum absolute atomic E-state index is 0.0301. The van der Waals surface area contributed by atoms with Crippen LogP contribution in [0, 0.1) is 5.92 Å².